The van der Waals surface area contributed by atoms with Crippen LogP contribution >= 0.6 is 23.4 Å². The summed E-state index contributed by atoms with van der Waals surface area (Å²) in [6.45, 7) is 4.18. The van der Waals surface area contributed by atoms with Gasteiger partial charge in [0.25, 0.3) is 5.91 Å². The monoisotopic (exact) mass is 443 g/mol. The van der Waals surface area contributed by atoms with E-state index in [2.05, 4.69) is 10.3 Å². The van der Waals surface area contributed by atoms with Gasteiger partial charge in [0.2, 0.25) is 0 Å². The molecule has 1 N–H and O–H groups in total. The third-order valence-electron chi connectivity index (χ3n) is 4.43. The SMILES string of the molecule is CCOC(=O)c1c(NC(=O)c2ccc(Cl)cc2C)nc(SC)n1Cc1ccccc1. The van der Waals surface area contributed by atoms with Gasteiger partial charge < -0.3 is 14.6 Å². The van der Waals surface area contributed by atoms with E-state index >= 15 is 0 Å². The number of aromatic nitrogens is 2. The van der Waals surface area contributed by atoms with Crippen LogP contribution in [0.5, 0.6) is 0 Å². The molecule has 0 unspecified atom stereocenters. The number of anilines is 1. The lowest BCUT2D eigenvalue weighted by Gasteiger charge is -2.12. The van der Waals surface area contributed by atoms with E-state index in [-0.39, 0.29) is 24.0 Å². The number of hydrogen-bond donors (Lipinski definition) is 1. The van der Waals surface area contributed by atoms with E-state index in [1.54, 1.807) is 36.6 Å². The number of carbonyl (C=O) groups is 2. The number of ether oxygens (including phenoxy) is 1. The molecule has 0 atom stereocenters. The Kier molecular flexibility index (Phi) is 7.18. The number of amides is 1. The Bertz CT molecular complexity index is 1070. The van der Waals surface area contributed by atoms with Crippen molar-refractivity contribution in [1.82, 2.24) is 9.55 Å². The first-order valence-corrected chi connectivity index (χ1v) is 11.0. The minimum atomic E-state index is -0.538. The standard InChI is InChI=1S/C22H22ClN3O3S/c1-4-29-21(28)18-19(24-20(27)17-11-10-16(23)12-14(17)2)25-22(30-3)26(18)13-15-8-6-5-7-9-15/h5-12H,4,13H2,1-3H3,(H,24,27). The molecule has 0 aliphatic rings. The molecule has 156 valence electrons. The van der Waals surface area contributed by atoms with E-state index in [1.807, 2.05) is 36.6 Å². The minimum Gasteiger partial charge on any atom is -0.461 e. The van der Waals surface area contributed by atoms with Gasteiger partial charge in [0, 0.05) is 10.6 Å². The predicted octanol–water partition coefficient (Wildman–Crippen LogP) is 5.04. The number of rotatable bonds is 7. The average molecular weight is 444 g/mol. The molecule has 6 nitrogen and oxygen atoms in total. The van der Waals surface area contributed by atoms with E-state index in [0.717, 1.165) is 11.1 Å². The van der Waals surface area contributed by atoms with Gasteiger partial charge in [0.15, 0.2) is 16.7 Å². The van der Waals surface area contributed by atoms with Crippen LogP contribution in [0, 0.1) is 6.92 Å². The topological polar surface area (TPSA) is 73.2 Å². The summed E-state index contributed by atoms with van der Waals surface area (Å²) in [6.07, 6.45) is 1.87. The predicted molar refractivity (Wildman–Crippen MR) is 120 cm³/mol. The fourth-order valence-electron chi connectivity index (χ4n) is 3.05. The largest absolute Gasteiger partial charge is 0.461 e. The van der Waals surface area contributed by atoms with Crippen molar-refractivity contribution < 1.29 is 14.3 Å². The maximum Gasteiger partial charge on any atom is 0.358 e. The van der Waals surface area contributed by atoms with Gasteiger partial charge in [0.05, 0.1) is 13.2 Å². The Morgan fingerprint density at radius 3 is 2.57 bits per heavy atom. The third kappa shape index (κ3) is 4.86. The Balaban J connectivity index is 2.02. The maximum absolute atomic E-state index is 12.9. The second-order valence-electron chi connectivity index (χ2n) is 6.50. The number of aryl methyl sites for hydroxylation is 1. The lowest BCUT2D eigenvalue weighted by atomic mass is 10.1. The fourth-order valence-corrected chi connectivity index (χ4v) is 3.84. The van der Waals surface area contributed by atoms with Crippen LogP contribution in [-0.2, 0) is 11.3 Å². The second-order valence-corrected chi connectivity index (χ2v) is 7.71. The number of halogens is 1. The van der Waals surface area contributed by atoms with Gasteiger partial charge in [-0.3, -0.25) is 4.79 Å². The van der Waals surface area contributed by atoms with Crippen molar-refractivity contribution in [3.63, 3.8) is 0 Å². The van der Waals surface area contributed by atoms with E-state index in [1.165, 1.54) is 11.8 Å². The van der Waals surface area contributed by atoms with Gasteiger partial charge >= 0.3 is 5.97 Å². The van der Waals surface area contributed by atoms with Crippen molar-refractivity contribution in [3.8, 4) is 0 Å². The summed E-state index contributed by atoms with van der Waals surface area (Å²) in [4.78, 5) is 30.2. The molecule has 3 aromatic rings. The fraction of sp³-hybridized carbons (Fsp3) is 0.227. The van der Waals surface area contributed by atoms with Crippen LogP contribution in [0.4, 0.5) is 5.82 Å². The number of nitrogens with one attached hydrogen (secondary N) is 1. The van der Waals surface area contributed by atoms with Gasteiger partial charge in [-0.1, -0.05) is 53.7 Å². The molecule has 0 bridgehead atoms. The molecule has 30 heavy (non-hydrogen) atoms. The first-order valence-electron chi connectivity index (χ1n) is 9.37. The number of carbonyl (C=O) groups excluding carboxylic acids is 2. The number of benzene rings is 2. The van der Waals surface area contributed by atoms with Crippen LogP contribution in [-0.4, -0.2) is 34.3 Å². The number of thioether (sulfide) groups is 1. The molecule has 1 aromatic heterocycles. The molecule has 0 spiro atoms. The summed E-state index contributed by atoms with van der Waals surface area (Å²) in [7, 11) is 0. The summed E-state index contributed by atoms with van der Waals surface area (Å²) >= 11 is 7.38. The van der Waals surface area contributed by atoms with Crippen molar-refractivity contribution in [2.24, 2.45) is 0 Å². The molecule has 3 rings (SSSR count). The summed E-state index contributed by atoms with van der Waals surface area (Å²) < 4.78 is 7.02. The summed E-state index contributed by atoms with van der Waals surface area (Å²) in [5, 5.41) is 3.93. The number of nitrogens with zero attached hydrogens (tertiary/aromatic N) is 2. The molecule has 8 heteroatoms. The van der Waals surface area contributed by atoms with Gasteiger partial charge in [-0.05, 0) is 49.4 Å². The maximum atomic E-state index is 12.9. The zero-order valence-electron chi connectivity index (χ0n) is 16.9. The molecule has 2 aromatic carbocycles. The second kappa shape index (κ2) is 9.82. The van der Waals surface area contributed by atoms with Crippen LogP contribution in [0.25, 0.3) is 0 Å². The molecular formula is C22H22ClN3O3S. The molecule has 0 aliphatic carbocycles. The number of imidazole rings is 1. The van der Waals surface area contributed by atoms with Gasteiger partial charge in [-0.15, -0.1) is 0 Å². The van der Waals surface area contributed by atoms with E-state index in [9.17, 15) is 9.59 Å². The number of esters is 1. The Labute approximate surface area is 184 Å². The molecule has 1 amide bonds. The highest BCUT2D eigenvalue weighted by Gasteiger charge is 2.26. The quantitative estimate of drug-likeness (QED) is 0.409. The van der Waals surface area contributed by atoms with Crippen molar-refractivity contribution >= 4 is 41.1 Å². The van der Waals surface area contributed by atoms with Gasteiger partial charge in [0.1, 0.15) is 0 Å². The normalized spacial score (nSPS) is 10.7. The Morgan fingerprint density at radius 1 is 1.20 bits per heavy atom. The van der Waals surface area contributed by atoms with E-state index in [4.69, 9.17) is 16.3 Å². The van der Waals surface area contributed by atoms with Crippen molar-refractivity contribution in [2.45, 2.75) is 25.5 Å². The van der Waals surface area contributed by atoms with Crippen LogP contribution in [0.15, 0.2) is 53.7 Å². The molecule has 0 radical (unpaired) electrons. The van der Waals surface area contributed by atoms with E-state index in [0.29, 0.717) is 22.3 Å². The third-order valence-corrected chi connectivity index (χ3v) is 5.34. The van der Waals surface area contributed by atoms with Crippen molar-refractivity contribution in [1.29, 1.82) is 0 Å². The highest BCUT2D eigenvalue weighted by molar-refractivity contribution is 7.98. The smallest absolute Gasteiger partial charge is 0.358 e. The Hall–Kier alpha value is -2.77. The molecule has 1 heterocycles. The van der Waals surface area contributed by atoms with Crippen LogP contribution < -0.4 is 5.32 Å². The van der Waals surface area contributed by atoms with Crippen LogP contribution in [0.2, 0.25) is 5.02 Å². The van der Waals surface area contributed by atoms with E-state index < -0.39 is 5.97 Å². The average Bonchev–Trinajstić information content (AvgIpc) is 3.05. The summed E-state index contributed by atoms with van der Waals surface area (Å²) in [5.41, 5.74) is 2.40. The summed E-state index contributed by atoms with van der Waals surface area (Å²) in [6, 6.07) is 14.7. The highest BCUT2D eigenvalue weighted by atomic mass is 35.5. The lowest BCUT2D eigenvalue weighted by Crippen LogP contribution is -2.19. The molecule has 0 saturated heterocycles. The van der Waals surface area contributed by atoms with Crippen LogP contribution in [0.3, 0.4) is 0 Å². The molecular weight excluding hydrogens is 422 g/mol. The van der Waals surface area contributed by atoms with Crippen LogP contribution in [0.1, 0.15) is 38.9 Å². The van der Waals surface area contributed by atoms with Gasteiger partial charge in [-0.2, -0.15) is 0 Å². The van der Waals surface area contributed by atoms with Gasteiger partial charge in [-0.25, -0.2) is 9.78 Å². The number of hydrogen-bond acceptors (Lipinski definition) is 5. The zero-order chi connectivity index (χ0) is 21.7. The summed E-state index contributed by atoms with van der Waals surface area (Å²) in [5.74, 6) is -0.732. The van der Waals surface area contributed by atoms with Crippen molar-refractivity contribution in [2.75, 3.05) is 18.2 Å². The molecule has 0 aliphatic heterocycles. The first kappa shape index (κ1) is 21.9. The molecule has 0 saturated carbocycles. The lowest BCUT2D eigenvalue weighted by molar-refractivity contribution is 0.0514. The first-order chi connectivity index (χ1) is 14.4. The minimum absolute atomic E-state index is 0.174. The zero-order valence-corrected chi connectivity index (χ0v) is 18.5. The van der Waals surface area contributed by atoms with Crippen molar-refractivity contribution in [3.05, 3.63) is 75.9 Å². The highest BCUT2D eigenvalue weighted by Crippen LogP contribution is 2.27. The Morgan fingerprint density at radius 2 is 1.93 bits per heavy atom. The molecule has 0 fully saturated rings.